The van der Waals surface area contributed by atoms with Gasteiger partial charge in [0.05, 0.1) is 6.33 Å². The average Bonchev–Trinajstić information content (AvgIpc) is 2.85. The maximum Gasteiger partial charge on any atom is 0.226 e. The Morgan fingerprint density at radius 3 is 2.95 bits per heavy atom. The van der Waals surface area contributed by atoms with E-state index < -0.39 is 0 Å². The molecule has 0 fully saturated rings. The van der Waals surface area contributed by atoms with E-state index in [-0.39, 0.29) is 11.1 Å². The summed E-state index contributed by atoms with van der Waals surface area (Å²) in [4.78, 5) is 15.0. The Hall–Kier alpha value is -2.21. The van der Waals surface area contributed by atoms with Crippen LogP contribution in [0.4, 0.5) is 10.2 Å². The Kier molecular flexibility index (Phi) is 3.00. The summed E-state index contributed by atoms with van der Waals surface area (Å²) in [6, 6.07) is 6.54. The average molecular weight is 278 g/mol. The van der Waals surface area contributed by atoms with Crippen molar-refractivity contribution in [3.05, 3.63) is 47.3 Å². The van der Waals surface area contributed by atoms with Crippen molar-refractivity contribution in [2.45, 2.75) is 6.54 Å². The molecule has 0 amide bonds. The fourth-order valence-electron chi connectivity index (χ4n) is 1.76. The maximum atomic E-state index is 13.5. The minimum absolute atomic E-state index is 0.0932. The lowest BCUT2D eigenvalue weighted by atomic mass is 10.2. The van der Waals surface area contributed by atoms with Crippen LogP contribution in [0.2, 0.25) is 5.28 Å². The Labute approximate surface area is 112 Å². The fraction of sp³-hybridized carbons (Fsp3) is 0.0833. The number of fused-ring (bicyclic) bond motifs is 1. The number of benzene rings is 1. The molecule has 0 atom stereocenters. The standard InChI is InChI=1S/C12H9ClFN5/c13-12-18-10(9-11(19-12)17-6-16-9)15-5-7-3-1-2-4-8(7)14/h1-4,6H,5H2,(H2,15,16,17,18,19). The molecule has 0 bridgehead atoms. The highest BCUT2D eigenvalue weighted by Crippen LogP contribution is 2.19. The molecule has 96 valence electrons. The van der Waals surface area contributed by atoms with Crippen LogP contribution in [0.25, 0.3) is 11.2 Å². The summed E-state index contributed by atoms with van der Waals surface area (Å²) in [5.74, 6) is 0.228. The Morgan fingerprint density at radius 1 is 1.26 bits per heavy atom. The van der Waals surface area contributed by atoms with Gasteiger partial charge in [0.15, 0.2) is 11.5 Å². The normalized spacial score (nSPS) is 10.8. The third-order valence-electron chi connectivity index (χ3n) is 2.66. The Morgan fingerprint density at radius 2 is 2.11 bits per heavy atom. The Balaban J connectivity index is 1.90. The number of imidazole rings is 1. The quantitative estimate of drug-likeness (QED) is 0.723. The van der Waals surface area contributed by atoms with Gasteiger partial charge in [-0.05, 0) is 17.7 Å². The monoisotopic (exact) mass is 277 g/mol. The summed E-state index contributed by atoms with van der Waals surface area (Å²) in [5.41, 5.74) is 1.65. The molecule has 1 aromatic carbocycles. The largest absolute Gasteiger partial charge is 0.364 e. The smallest absolute Gasteiger partial charge is 0.226 e. The van der Waals surface area contributed by atoms with Crippen LogP contribution in [-0.2, 0) is 6.54 Å². The molecule has 2 N–H and O–H groups in total. The van der Waals surface area contributed by atoms with E-state index in [4.69, 9.17) is 11.6 Å². The highest BCUT2D eigenvalue weighted by atomic mass is 35.5. The third kappa shape index (κ3) is 2.34. The number of hydrogen-bond acceptors (Lipinski definition) is 4. The van der Waals surface area contributed by atoms with E-state index in [9.17, 15) is 4.39 Å². The molecular weight excluding hydrogens is 269 g/mol. The van der Waals surface area contributed by atoms with E-state index in [1.165, 1.54) is 12.4 Å². The molecule has 0 saturated carbocycles. The minimum Gasteiger partial charge on any atom is -0.364 e. The zero-order chi connectivity index (χ0) is 13.2. The molecule has 0 unspecified atom stereocenters. The molecule has 0 saturated heterocycles. The van der Waals surface area contributed by atoms with Crippen LogP contribution in [-0.4, -0.2) is 19.9 Å². The first kappa shape index (κ1) is 11.9. The van der Waals surface area contributed by atoms with Crippen molar-refractivity contribution in [3.63, 3.8) is 0 Å². The second-order valence-electron chi connectivity index (χ2n) is 3.89. The van der Waals surface area contributed by atoms with E-state index >= 15 is 0 Å². The maximum absolute atomic E-state index is 13.5. The van der Waals surface area contributed by atoms with Gasteiger partial charge in [0, 0.05) is 12.1 Å². The number of halogens is 2. The number of nitrogens with one attached hydrogen (secondary N) is 2. The van der Waals surface area contributed by atoms with Crippen LogP contribution in [0.15, 0.2) is 30.6 Å². The SMILES string of the molecule is Fc1ccccc1CNc1nc(Cl)nc2nc[nH]c12. The zero-order valence-corrected chi connectivity index (χ0v) is 10.4. The highest BCUT2D eigenvalue weighted by Gasteiger charge is 2.09. The number of aromatic amines is 1. The van der Waals surface area contributed by atoms with Crippen LogP contribution in [0.1, 0.15) is 5.56 Å². The minimum atomic E-state index is -0.268. The van der Waals surface area contributed by atoms with Gasteiger partial charge in [0.25, 0.3) is 0 Å². The van der Waals surface area contributed by atoms with E-state index in [1.54, 1.807) is 18.2 Å². The number of anilines is 1. The van der Waals surface area contributed by atoms with Crippen molar-refractivity contribution >= 4 is 28.6 Å². The molecule has 2 heterocycles. The van der Waals surface area contributed by atoms with Crippen LogP contribution >= 0.6 is 11.6 Å². The lowest BCUT2D eigenvalue weighted by Crippen LogP contribution is -2.04. The molecule has 7 heteroatoms. The zero-order valence-electron chi connectivity index (χ0n) is 9.69. The van der Waals surface area contributed by atoms with Crippen LogP contribution < -0.4 is 5.32 Å². The molecule has 0 spiro atoms. The second-order valence-corrected chi connectivity index (χ2v) is 4.23. The second kappa shape index (κ2) is 4.81. The number of aromatic nitrogens is 4. The van der Waals surface area contributed by atoms with Gasteiger partial charge in [-0.25, -0.2) is 9.37 Å². The first-order valence-electron chi connectivity index (χ1n) is 5.58. The van der Waals surface area contributed by atoms with Crippen LogP contribution in [0, 0.1) is 5.82 Å². The van der Waals surface area contributed by atoms with E-state index in [0.29, 0.717) is 29.1 Å². The first-order chi connectivity index (χ1) is 9.24. The molecule has 0 aliphatic heterocycles. The van der Waals surface area contributed by atoms with Crippen LogP contribution in [0.5, 0.6) is 0 Å². The first-order valence-corrected chi connectivity index (χ1v) is 5.96. The van der Waals surface area contributed by atoms with Crippen LogP contribution in [0.3, 0.4) is 0 Å². The van der Waals surface area contributed by atoms with Crippen molar-refractivity contribution in [1.82, 2.24) is 19.9 Å². The third-order valence-corrected chi connectivity index (χ3v) is 2.83. The summed E-state index contributed by atoms with van der Waals surface area (Å²) in [6.45, 7) is 0.300. The summed E-state index contributed by atoms with van der Waals surface area (Å²) in [5, 5.41) is 3.12. The van der Waals surface area contributed by atoms with E-state index in [1.807, 2.05) is 0 Å². The van der Waals surface area contributed by atoms with Crippen molar-refractivity contribution in [1.29, 1.82) is 0 Å². The lowest BCUT2D eigenvalue weighted by molar-refractivity contribution is 0.613. The van der Waals surface area contributed by atoms with Gasteiger partial charge in [-0.1, -0.05) is 18.2 Å². The van der Waals surface area contributed by atoms with Gasteiger partial charge < -0.3 is 10.3 Å². The van der Waals surface area contributed by atoms with E-state index in [2.05, 4.69) is 25.3 Å². The highest BCUT2D eigenvalue weighted by molar-refractivity contribution is 6.28. The van der Waals surface area contributed by atoms with Crippen molar-refractivity contribution < 1.29 is 4.39 Å². The number of rotatable bonds is 3. The van der Waals surface area contributed by atoms with E-state index in [0.717, 1.165) is 0 Å². The molecule has 5 nitrogen and oxygen atoms in total. The molecule has 3 aromatic rings. The molecule has 3 rings (SSSR count). The summed E-state index contributed by atoms with van der Waals surface area (Å²) >= 11 is 5.80. The number of nitrogens with zero attached hydrogens (tertiary/aromatic N) is 3. The van der Waals surface area contributed by atoms with Gasteiger partial charge in [0.1, 0.15) is 11.3 Å². The van der Waals surface area contributed by atoms with Crippen molar-refractivity contribution in [2.75, 3.05) is 5.32 Å². The number of H-pyrrole nitrogens is 1. The molecule has 0 aliphatic carbocycles. The predicted octanol–water partition coefficient (Wildman–Crippen LogP) is 2.76. The summed E-state index contributed by atoms with van der Waals surface area (Å²) in [7, 11) is 0. The van der Waals surface area contributed by atoms with Gasteiger partial charge in [-0.2, -0.15) is 9.97 Å². The molecule has 19 heavy (non-hydrogen) atoms. The fourth-order valence-corrected chi connectivity index (χ4v) is 1.92. The Bertz CT molecular complexity index is 727. The summed E-state index contributed by atoms with van der Waals surface area (Å²) < 4.78 is 13.5. The molecule has 2 aromatic heterocycles. The lowest BCUT2D eigenvalue weighted by Gasteiger charge is -2.07. The molecule has 0 aliphatic rings. The van der Waals surface area contributed by atoms with Gasteiger partial charge in [-0.15, -0.1) is 0 Å². The number of hydrogen-bond donors (Lipinski definition) is 2. The van der Waals surface area contributed by atoms with Crippen molar-refractivity contribution in [2.24, 2.45) is 0 Å². The topological polar surface area (TPSA) is 66.5 Å². The molecule has 0 radical (unpaired) electrons. The van der Waals surface area contributed by atoms with Gasteiger partial charge in [0.2, 0.25) is 5.28 Å². The van der Waals surface area contributed by atoms with Crippen molar-refractivity contribution in [3.8, 4) is 0 Å². The molecular formula is C12H9ClFN5. The van der Waals surface area contributed by atoms with Gasteiger partial charge >= 0.3 is 0 Å². The predicted molar refractivity (Wildman–Crippen MR) is 70.4 cm³/mol. The van der Waals surface area contributed by atoms with Gasteiger partial charge in [-0.3, -0.25) is 0 Å². The summed E-state index contributed by atoms with van der Waals surface area (Å²) in [6.07, 6.45) is 1.50.